The average Bonchev–Trinajstić information content (AvgIpc) is 2.78. The maximum Gasteiger partial charge on any atom is 0.118 e. The van der Waals surface area contributed by atoms with Gasteiger partial charge in [-0.05, 0) is 79.3 Å². The van der Waals surface area contributed by atoms with Crippen molar-refractivity contribution in [2.75, 3.05) is 26.7 Å². The number of fused-ring (bicyclic) bond motifs is 1. The Morgan fingerprint density at radius 3 is 2.45 bits per heavy atom. The van der Waals surface area contributed by atoms with Gasteiger partial charge in [0.25, 0.3) is 0 Å². The highest BCUT2D eigenvalue weighted by atomic mass is 16.5. The van der Waals surface area contributed by atoms with Crippen LogP contribution in [0.1, 0.15) is 36.9 Å². The number of piperidine rings is 1. The normalized spacial score (nSPS) is 16.8. The standard InChI is InChI=1S/C26H32N2O/c1-20(25-9-5-7-23-6-3-4-8-26(23)25)27-18-21-14-16-28(17-15-21)19-22-10-12-24(29-2)13-11-22/h3-13,20-21,27H,14-19H2,1-2H3. The molecule has 0 aliphatic carbocycles. The third-order valence-electron chi connectivity index (χ3n) is 6.27. The molecule has 1 N–H and O–H groups in total. The van der Waals surface area contributed by atoms with Crippen LogP contribution < -0.4 is 10.1 Å². The zero-order valence-electron chi connectivity index (χ0n) is 17.6. The summed E-state index contributed by atoms with van der Waals surface area (Å²) in [5.41, 5.74) is 2.77. The molecule has 152 valence electrons. The van der Waals surface area contributed by atoms with Crippen molar-refractivity contribution in [3.63, 3.8) is 0 Å². The molecule has 3 heteroatoms. The summed E-state index contributed by atoms with van der Waals surface area (Å²) < 4.78 is 5.25. The van der Waals surface area contributed by atoms with E-state index >= 15 is 0 Å². The Bertz CT molecular complexity index is 908. The van der Waals surface area contributed by atoms with Gasteiger partial charge in [-0.3, -0.25) is 4.90 Å². The van der Waals surface area contributed by atoms with Crippen LogP contribution in [0.5, 0.6) is 5.75 Å². The van der Waals surface area contributed by atoms with Gasteiger partial charge in [-0.1, -0.05) is 54.6 Å². The van der Waals surface area contributed by atoms with Gasteiger partial charge in [-0.15, -0.1) is 0 Å². The number of hydrogen-bond donors (Lipinski definition) is 1. The molecule has 1 heterocycles. The van der Waals surface area contributed by atoms with Gasteiger partial charge in [0.05, 0.1) is 7.11 Å². The Morgan fingerprint density at radius 1 is 0.966 bits per heavy atom. The van der Waals surface area contributed by atoms with E-state index in [1.807, 2.05) is 0 Å². The molecule has 1 aliphatic rings. The fourth-order valence-electron chi connectivity index (χ4n) is 4.42. The van der Waals surface area contributed by atoms with Gasteiger partial charge in [-0.25, -0.2) is 0 Å². The first-order valence-corrected chi connectivity index (χ1v) is 10.8. The summed E-state index contributed by atoms with van der Waals surface area (Å²) in [5, 5.41) is 6.50. The molecule has 3 aromatic rings. The second-order valence-electron chi connectivity index (χ2n) is 8.27. The molecule has 0 saturated carbocycles. The highest BCUT2D eigenvalue weighted by Gasteiger charge is 2.20. The van der Waals surface area contributed by atoms with Crippen molar-refractivity contribution in [2.45, 2.75) is 32.4 Å². The largest absolute Gasteiger partial charge is 0.497 e. The van der Waals surface area contributed by atoms with Crippen LogP contribution in [0.4, 0.5) is 0 Å². The zero-order chi connectivity index (χ0) is 20.1. The van der Waals surface area contributed by atoms with Crippen LogP contribution in [-0.4, -0.2) is 31.6 Å². The number of methoxy groups -OCH3 is 1. The number of nitrogens with one attached hydrogen (secondary N) is 1. The minimum absolute atomic E-state index is 0.374. The molecule has 0 bridgehead atoms. The number of nitrogens with zero attached hydrogens (tertiary/aromatic N) is 1. The van der Waals surface area contributed by atoms with Crippen LogP contribution in [0, 0.1) is 5.92 Å². The van der Waals surface area contributed by atoms with Gasteiger partial charge >= 0.3 is 0 Å². The molecule has 1 aliphatic heterocycles. The van der Waals surface area contributed by atoms with Gasteiger partial charge in [0, 0.05) is 12.6 Å². The Labute approximate surface area is 174 Å². The Morgan fingerprint density at radius 2 is 1.69 bits per heavy atom. The number of ether oxygens (including phenoxy) is 1. The minimum Gasteiger partial charge on any atom is -0.497 e. The molecule has 0 radical (unpaired) electrons. The molecule has 1 saturated heterocycles. The van der Waals surface area contributed by atoms with Crippen molar-refractivity contribution in [1.29, 1.82) is 0 Å². The molecule has 1 atom stereocenters. The van der Waals surface area contributed by atoms with Gasteiger partial charge in [0.1, 0.15) is 5.75 Å². The first-order valence-electron chi connectivity index (χ1n) is 10.8. The van der Waals surface area contributed by atoms with E-state index in [2.05, 4.69) is 83.9 Å². The van der Waals surface area contributed by atoms with Gasteiger partial charge in [0.15, 0.2) is 0 Å². The van der Waals surface area contributed by atoms with E-state index in [1.54, 1.807) is 7.11 Å². The lowest BCUT2D eigenvalue weighted by atomic mass is 9.95. The monoisotopic (exact) mass is 388 g/mol. The maximum absolute atomic E-state index is 5.25. The topological polar surface area (TPSA) is 24.5 Å². The van der Waals surface area contributed by atoms with E-state index in [9.17, 15) is 0 Å². The predicted molar refractivity (Wildman–Crippen MR) is 121 cm³/mol. The molecule has 0 spiro atoms. The minimum atomic E-state index is 0.374. The summed E-state index contributed by atoms with van der Waals surface area (Å²) >= 11 is 0. The molecule has 3 aromatic carbocycles. The first kappa shape index (κ1) is 19.9. The molecule has 29 heavy (non-hydrogen) atoms. The van der Waals surface area contributed by atoms with Crippen molar-refractivity contribution in [3.05, 3.63) is 77.9 Å². The lowest BCUT2D eigenvalue weighted by molar-refractivity contribution is 0.173. The first-order chi connectivity index (χ1) is 14.2. The van der Waals surface area contributed by atoms with E-state index in [0.717, 1.165) is 24.8 Å². The molecule has 1 unspecified atom stereocenters. The van der Waals surface area contributed by atoms with Gasteiger partial charge in [-0.2, -0.15) is 0 Å². The molecule has 0 aromatic heterocycles. The number of rotatable bonds is 7. The zero-order valence-corrected chi connectivity index (χ0v) is 17.6. The lowest BCUT2D eigenvalue weighted by Crippen LogP contribution is -2.37. The summed E-state index contributed by atoms with van der Waals surface area (Å²) in [5.74, 6) is 1.69. The van der Waals surface area contributed by atoms with Crippen molar-refractivity contribution in [1.82, 2.24) is 10.2 Å². The quantitative estimate of drug-likeness (QED) is 0.585. The highest BCUT2D eigenvalue weighted by molar-refractivity contribution is 5.86. The van der Waals surface area contributed by atoms with Crippen LogP contribution in [0.2, 0.25) is 0 Å². The second kappa shape index (κ2) is 9.43. The average molecular weight is 389 g/mol. The molecule has 0 amide bonds. The fourth-order valence-corrected chi connectivity index (χ4v) is 4.42. The maximum atomic E-state index is 5.25. The summed E-state index contributed by atoms with van der Waals surface area (Å²) in [6, 6.07) is 24.2. The molecule has 4 rings (SSSR count). The molecule has 3 nitrogen and oxygen atoms in total. The number of likely N-dealkylation sites (tertiary alicyclic amines) is 1. The van der Waals surface area contributed by atoms with E-state index in [0.29, 0.717) is 6.04 Å². The van der Waals surface area contributed by atoms with Crippen LogP contribution in [0.15, 0.2) is 66.7 Å². The van der Waals surface area contributed by atoms with E-state index < -0.39 is 0 Å². The van der Waals surface area contributed by atoms with Crippen molar-refractivity contribution >= 4 is 10.8 Å². The Balaban J connectivity index is 1.26. The van der Waals surface area contributed by atoms with Gasteiger partial charge in [0.2, 0.25) is 0 Å². The van der Waals surface area contributed by atoms with Crippen LogP contribution >= 0.6 is 0 Å². The van der Waals surface area contributed by atoms with Gasteiger partial charge < -0.3 is 10.1 Å². The van der Waals surface area contributed by atoms with Crippen molar-refractivity contribution < 1.29 is 4.74 Å². The number of hydrogen-bond acceptors (Lipinski definition) is 3. The smallest absolute Gasteiger partial charge is 0.118 e. The SMILES string of the molecule is COc1ccc(CN2CCC(CNC(C)c3cccc4ccccc34)CC2)cc1. The van der Waals surface area contributed by atoms with Crippen LogP contribution in [-0.2, 0) is 6.54 Å². The molecular formula is C26H32N2O. The summed E-state index contributed by atoms with van der Waals surface area (Å²) in [6.45, 7) is 6.79. The van der Waals surface area contributed by atoms with Crippen molar-refractivity contribution in [2.24, 2.45) is 5.92 Å². The third kappa shape index (κ3) is 4.98. The van der Waals surface area contributed by atoms with E-state index in [-0.39, 0.29) is 0 Å². The summed E-state index contributed by atoms with van der Waals surface area (Å²) in [6.07, 6.45) is 2.54. The molecule has 1 fully saturated rings. The summed E-state index contributed by atoms with van der Waals surface area (Å²) in [7, 11) is 1.72. The Hall–Kier alpha value is -2.36. The lowest BCUT2D eigenvalue weighted by Gasteiger charge is -2.32. The van der Waals surface area contributed by atoms with E-state index in [1.165, 1.54) is 47.8 Å². The third-order valence-corrected chi connectivity index (χ3v) is 6.27. The van der Waals surface area contributed by atoms with Crippen LogP contribution in [0.25, 0.3) is 10.8 Å². The second-order valence-corrected chi connectivity index (χ2v) is 8.27. The van der Waals surface area contributed by atoms with Crippen LogP contribution in [0.3, 0.4) is 0 Å². The molecular weight excluding hydrogens is 356 g/mol. The van der Waals surface area contributed by atoms with E-state index in [4.69, 9.17) is 4.74 Å². The van der Waals surface area contributed by atoms with Crippen molar-refractivity contribution in [3.8, 4) is 5.75 Å². The predicted octanol–water partition coefficient (Wildman–Crippen LogP) is 5.41. The Kier molecular flexibility index (Phi) is 6.48. The fraction of sp³-hybridized carbons (Fsp3) is 0.385. The summed E-state index contributed by atoms with van der Waals surface area (Å²) in [4.78, 5) is 2.58. The highest BCUT2D eigenvalue weighted by Crippen LogP contribution is 2.25. The number of benzene rings is 3.